The zero-order chi connectivity index (χ0) is 19.5. The summed E-state index contributed by atoms with van der Waals surface area (Å²) < 4.78 is 5.45. The molecule has 1 aliphatic carbocycles. The Balaban J connectivity index is 1.10. The lowest BCUT2D eigenvalue weighted by atomic mass is 9.90. The molecular weight excluding hydrogens is 402 g/mol. The number of nitrogens with zero attached hydrogens (tertiary/aromatic N) is 5. The molecule has 3 aromatic heterocycles. The number of piperazine rings is 1. The van der Waals surface area contributed by atoms with Gasteiger partial charge in [0.05, 0.1) is 17.2 Å². The van der Waals surface area contributed by atoms with Gasteiger partial charge >= 0.3 is 0 Å². The lowest BCUT2D eigenvalue weighted by Gasteiger charge is -2.33. The van der Waals surface area contributed by atoms with Crippen LogP contribution in [0.1, 0.15) is 54.6 Å². The van der Waals surface area contributed by atoms with Gasteiger partial charge in [-0.3, -0.25) is 9.80 Å². The summed E-state index contributed by atoms with van der Waals surface area (Å²) in [7, 11) is 0. The third-order valence-electron chi connectivity index (χ3n) is 5.98. The largest absolute Gasteiger partial charge is 0.338 e. The predicted molar refractivity (Wildman–Crippen MR) is 116 cm³/mol. The molecule has 29 heavy (non-hydrogen) atoms. The van der Waals surface area contributed by atoms with Crippen molar-refractivity contribution in [3.05, 3.63) is 38.8 Å². The van der Waals surface area contributed by atoms with Crippen molar-refractivity contribution in [1.29, 1.82) is 0 Å². The molecule has 0 bridgehead atoms. The van der Waals surface area contributed by atoms with Gasteiger partial charge in [0, 0.05) is 55.0 Å². The first-order valence-electron chi connectivity index (χ1n) is 10.6. The lowest BCUT2D eigenvalue weighted by Crippen LogP contribution is -2.45. The minimum atomic E-state index is 0.692. The maximum atomic E-state index is 5.45. The van der Waals surface area contributed by atoms with Crippen LogP contribution in [-0.2, 0) is 13.1 Å². The molecule has 2 aliphatic rings. The number of hydrogen-bond donors (Lipinski definition) is 0. The van der Waals surface area contributed by atoms with Crippen LogP contribution in [0.5, 0.6) is 0 Å². The van der Waals surface area contributed by atoms with Gasteiger partial charge in [0.15, 0.2) is 0 Å². The fourth-order valence-electron chi connectivity index (χ4n) is 4.29. The molecule has 3 aromatic rings. The zero-order valence-electron chi connectivity index (χ0n) is 16.6. The molecule has 154 valence electrons. The van der Waals surface area contributed by atoms with Crippen molar-refractivity contribution in [2.24, 2.45) is 0 Å². The van der Waals surface area contributed by atoms with E-state index in [0.717, 1.165) is 44.8 Å². The molecule has 2 fully saturated rings. The van der Waals surface area contributed by atoms with E-state index in [1.54, 1.807) is 11.3 Å². The quantitative estimate of drug-likeness (QED) is 0.570. The van der Waals surface area contributed by atoms with E-state index in [4.69, 9.17) is 9.51 Å². The molecule has 1 saturated carbocycles. The summed E-state index contributed by atoms with van der Waals surface area (Å²) in [5.74, 6) is 2.11. The molecular formula is C21H27N5OS2. The number of rotatable bonds is 6. The van der Waals surface area contributed by atoms with Crippen LogP contribution in [-0.4, -0.2) is 51.1 Å². The van der Waals surface area contributed by atoms with Crippen LogP contribution in [0.4, 0.5) is 0 Å². The zero-order valence-corrected chi connectivity index (χ0v) is 18.3. The first-order valence-corrected chi connectivity index (χ1v) is 12.4. The van der Waals surface area contributed by atoms with Crippen LogP contribution in [0, 0.1) is 0 Å². The smallest absolute Gasteiger partial charge is 0.241 e. The summed E-state index contributed by atoms with van der Waals surface area (Å²) >= 11 is 3.52. The average Bonchev–Trinajstić information content (AvgIpc) is 3.52. The Morgan fingerprint density at radius 1 is 0.966 bits per heavy atom. The second-order valence-corrected chi connectivity index (χ2v) is 9.76. The number of hydrogen-bond acceptors (Lipinski definition) is 8. The average molecular weight is 430 g/mol. The van der Waals surface area contributed by atoms with Gasteiger partial charge in [0.2, 0.25) is 11.7 Å². The normalized spacial score (nSPS) is 19.7. The van der Waals surface area contributed by atoms with Gasteiger partial charge in [-0.15, -0.1) is 11.3 Å². The van der Waals surface area contributed by atoms with Crippen molar-refractivity contribution < 1.29 is 4.52 Å². The van der Waals surface area contributed by atoms with Crippen molar-refractivity contribution in [1.82, 2.24) is 24.9 Å². The molecule has 0 unspecified atom stereocenters. The van der Waals surface area contributed by atoms with Gasteiger partial charge in [0.25, 0.3) is 0 Å². The standard InChI is InChI=1S/C21H27N5OS2/c1-2-4-16(5-3-1)21-22-18(15-29-21)12-25-7-9-26(10-8-25)13-19-23-20(24-27-19)17-6-11-28-14-17/h6,11,14-16H,1-5,7-10,12-13H2. The third kappa shape index (κ3) is 4.77. The van der Waals surface area contributed by atoms with Gasteiger partial charge in [-0.25, -0.2) is 4.98 Å². The summed E-state index contributed by atoms with van der Waals surface area (Å²) in [6, 6.07) is 2.02. The van der Waals surface area contributed by atoms with Crippen molar-refractivity contribution in [2.45, 2.75) is 51.1 Å². The highest BCUT2D eigenvalue weighted by Crippen LogP contribution is 2.34. The molecule has 1 aliphatic heterocycles. The van der Waals surface area contributed by atoms with Crippen LogP contribution >= 0.6 is 22.7 Å². The molecule has 0 spiro atoms. The minimum Gasteiger partial charge on any atom is -0.338 e. The Morgan fingerprint density at radius 3 is 2.52 bits per heavy atom. The van der Waals surface area contributed by atoms with E-state index in [1.807, 2.05) is 28.2 Å². The fourth-order valence-corrected chi connectivity index (χ4v) is 5.90. The van der Waals surface area contributed by atoms with Crippen molar-refractivity contribution in [3.63, 3.8) is 0 Å². The van der Waals surface area contributed by atoms with E-state index in [1.165, 1.54) is 42.8 Å². The summed E-state index contributed by atoms with van der Waals surface area (Å²) in [6.07, 6.45) is 6.80. The summed E-state index contributed by atoms with van der Waals surface area (Å²) in [6.45, 7) is 5.86. The Hall–Kier alpha value is -1.61. The first-order chi connectivity index (χ1) is 14.3. The van der Waals surface area contributed by atoms with Gasteiger partial charge in [-0.1, -0.05) is 24.4 Å². The number of thiophene rings is 1. The molecule has 0 aromatic carbocycles. The SMILES string of the molecule is c1cc(-c2noc(CN3CCN(Cc4csc(C5CCCCC5)n4)CC3)n2)cs1. The van der Waals surface area contributed by atoms with E-state index in [9.17, 15) is 0 Å². The van der Waals surface area contributed by atoms with Gasteiger partial charge < -0.3 is 4.52 Å². The van der Waals surface area contributed by atoms with Crippen molar-refractivity contribution >= 4 is 22.7 Å². The molecule has 0 N–H and O–H groups in total. The first kappa shape index (κ1) is 19.4. The van der Waals surface area contributed by atoms with Gasteiger partial charge in [-0.05, 0) is 24.3 Å². The molecule has 1 saturated heterocycles. The third-order valence-corrected chi connectivity index (χ3v) is 7.72. The summed E-state index contributed by atoms with van der Waals surface area (Å²) in [4.78, 5) is 14.4. The highest BCUT2D eigenvalue weighted by atomic mass is 32.1. The van der Waals surface area contributed by atoms with Crippen molar-refractivity contribution in [3.8, 4) is 11.4 Å². The van der Waals surface area contributed by atoms with Crippen LogP contribution in [0.25, 0.3) is 11.4 Å². The van der Waals surface area contributed by atoms with Crippen molar-refractivity contribution in [2.75, 3.05) is 26.2 Å². The molecule has 0 atom stereocenters. The maximum Gasteiger partial charge on any atom is 0.241 e. The molecule has 5 rings (SSSR count). The fraction of sp³-hybridized carbons (Fsp3) is 0.571. The molecule has 0 amide bonds. The highest BCUT2D eigenvalue weighted by Gasteiger charge is 2.22. The second-order valence-electron chi connectivity index (χ2n) is 8.09. The van der Waals surface area contributed by atoms with E-state index in [2.05, 4.69) is 25.3 Å². The van der Waals surface area contributed by atoms with Crippen LogP contribution < -0.4 is 0 Å². The Kier molecular flexibility index (Phi) is 6.03. The predicted octanol–water partition coefficient (Wildman–Crippen LogP) is 4.62. The molecule has 4 heterocycles. The molecule has 0 radical (unpaired) electrons. The monoisotopic (exact) mass is 429 g/mol. The Bertz CT molecular complexity index is 892. The van der Waals surface area contributed by atoms with Crippen LogP contribution in [0.2, 0.25) is 0 Å². The Labute approximate surface area is 179 Å². The second kappa shape index (κ2) is 9.04. The minimum absolute atomic E-state index is 0.692. The van der Waals surface area contributed by atoms with E-state index in [0.29, 0.717) is 17.6 Å². The summed E-state index contributed by atoms with van der Waals surface area (Å²) in [5, 5.41) is 11.8. The molecule has 6 nitrogen and oxygen atoms in total. The van der Waals surface area contributed by atoms with E-state index < -0.39 is 0 Å². The maximum absolute atomic E-state index is 5.45. The number of aromatic nitrogens is 3. The van der Waals surface area contributed by atoms with Crippen LogP contribution in [0.3, 0.4) is 0 Å². The number of thiazole rings is 1. The van der Waals surface area contributed by atoms with E-state index in [-0.39, 0.29) is 0 Å². The van der Waals surface area contributed by atoms with Gasteiger partial charge in [-0.2, -0.15) is 16.3 Å². The van der Waals surface area contributed by atoms with Crippen LogP contribution in [0.15, 0.2) is 26.7 Å². The van der Waals surface area contributed by atoms with Gasteiger partial charge in [0.1, 0.15) is 0 Å². The lowest BCUT2D eigenvalue weighted by molar-refractivity contribution is 0.111. The highest BCUT2D eigenvalue weighted by molar-refractivity contribution is 7.09. The molecule has 8 heteroatoms. The topological polar surface area (TPSA) is 58.3 Å². The summed E-state index contributed by atoms with van der Waals surface area (Å²) in [5.41, 5.74) is 2.28. The Morgan fingerprint density at radius 2 is 1.76 bits per heavy atom. The van der Waals surface area contributed by atoms with E-state index >= 15 is 0 Å².